The number of nitrogens with one attached hydrogen (secondary N) is 1. The van der Waals surface area contributed by atoms with Gasteiger partial charge in [-0.15, -0.1) is 0 Å². The Morgan fingerprint density at radius 2 is 2.10 bits per heavy atom. The summed E-state index contributed by atoms with van der Waals surface area (Å²) in [6.45, 7) is 3.05. The second-order valence-electron chi connectivity index (χ2n) is 6.40. The van der Waals surface area contributed by atoms with Crippen LogP contribution in [0.3, 0.4) is 0 Å². The molecule has 0 radical (unpaired) electrons. The van der Waals surface area contributed by atoms with Gasteiger partial charge in [0.25, 0.3) is 0 Å². The third-order valence-corrected chi connectivity index (χ3v) is 6.10. The van der Waals surface area contributed by atoms with E-state index in [0.29, 0.717) is 5.92 Å². The van der Waals surface area contributed by atoms with Crippen molar-refractivity contribution >= 4 is 11.8 Å². The molecule has 0 saturated carbocycles. The molecule has 2 unspecified atom stereocenters. The first-order valence-corrected chi connectivity index (χ1v) is 9.13. The Labute approximate surface area is 132 Å². The van der Waals surface area contributed by atoms with Crippen molar-refractivity contribution in [2.24, 2.45) is 11.8 Å². The van der Waals surface area contributed by atoms with Gasteiger partial charge in [0.15, 0.2) is 0 Å². The number of nitrogens with two attached hydrogens (primary N) is 1. The molecule has 3 rings (SSSR count). The van der Waals surface area contributed by atoms with Gasteiger partial charge in [-0.1, -0.05) is 24.3 Å². The molecule has 1 aromatic rings. The van der Waals surface area contributed by atoms with Crippen LogP contribution in [0.25, 0.3) is 0 Å². The molecule has 2 heterocycles. The van der Waals surface area contributed by atoms with Crippen LogP contribution in [0.15, 0.2) is 24.3 Å². The fourth-order valence-electron chi connectivity index (χ4n) is 3.86. The molecule has 3 N–H and O–H groups in total. The lowest BCUT2D eigenvalue weighted by Crippen LogP contribution is -2.46. The molecule has 0 bridgehead atoms. The van der Waals surface area contributed by atoms with Crippen LogP contribution in [-0.4, -0.2) is 23.7 Å². The number of hydrogen-bond acceptors (Lipinski definition) is 4. The van der Waals surface area contributed by atoms with Gasteiger partial charge in [0, 0.05) is 12.6 Å². The normalized spacial score (nSPS) is 26.7. The molecule has 2 aliphatic rings. The van der Waals surface area contributed by atoms with E-state index in [4.69, 9.17) is 10.6 Å². The summed E-state index contributed by atoms with van der Waals surface area (Å²) in [5.74, 6) is 8.96. The fraction of sp³-hybridized carbons (Fsp3) is 0.647. The third kappa shape index (κ3) is 3.29. The molecule has 21 heavy (non-hydrogen) atoms. The van der Waals surface area contributed by atoms with Crippen LogP contribution in [0.5, 0.6) is 0 Å². The number of thioether (sulfide) groups is 1. The van der Waals surface area contributed by atoms with Crippen molar-refractivity contribution in [3.05, 3.63) is 35.4 Å². The van der Waals surface area contributed by atoms with Gasteiger partial charge >= 0.3 is 0 Å². The topological polar surface area (TPSA) is 47.3 Å². The summed E-state index contributed by atoms with van der Waals surface area (Å²) in [7, 11) is 0. The minimum Gasteiger partial charge on any atom is -0.375 e. The van der Waals surface area contributed by atoms with E-state index in [1.165, 1.54) is 35.5 Å². The van der Waals surface area contributed by atoms with Gasteiger partial charge in [-0.3, -0.25) is 11.3 Å². The minimum atomic E-state index is 0.117. The van der Waals surface area contributed by atoms with Gasteiger partial charge in [0.2, 0.25) is 0 Å². The zero-order valence-corrected chi connectivity index (χ0v) is 13.6. The molecule has 4 heteroatoms. The highest BCUT2D eigenvalue weighted by Gasteiger charge is 2.41. The Morgan fingerprint density at radius 3 is 2.81 bits per heavy atom. The van der Waals surface area contributed by atoms with E-state index in [9.17, 15) is 0 Å². The zero-order valence-electron chi connectivity index (χ0n) is 12.8. The van der Waals surface area contributed by atoms with E-state index in [1.54, 1.807) is 0 Å². The fourth-order valence-corrected chi connectivity index (χ4v) is 5.09. The SMILES string of the molecule is Cc1ccccc1C(NN)C1CCOC2(CCSCC2)C1. The van der Waals surface area contributed by atoms with E-state index in [1.807, 2.05) is 0 Å². The van der Waals surface area contributed by atoms with Crippen molar-refractivity contribution in [3.63, 3.8) is 0 Å². The van der Waals surface area contributed by atoms with Crippen LogP contribution in [0.1, 0.15) is 42.9 Å². The summed E-state index contributed by atoms with van der Waals surface area (Å²) in [6, 6.07) is 8.82. The summed E-state index contributed by atoms with van der Waals surface area (Å²) < 4.78 is 6.22. The Balaban J connectivity index is 1.79. The maximum atomic E-state index is 6.22. The third-order valence-electron chi connectivity index (χ3n) is 5.11. The number of ether oxygens (including phenoxy) is 1. The van der Waals surface area contributed by atoms with Crippen LogP contribution >= 0.6 is 11.8 Å². The highest BCUT2D eigenvalue weighted by molar-refractivity contribution is 7.99. The summed E-state index contributed by atoms with van der Waals surface area (Å²) in [4.78, 5) is 0. The van der Waals surface area contributed by atoms with Gasteiger partial charge in [-0.25, -0.2) is 0 Å². The summed E-state index contributed by atoms with van der Waals surface area (Å²) in [5, 5.41) is 0. The first-order valence-electron chi connectivity index (χ1n) is 7.97. The molecule has 2 atom stereocenters. The van der Waals surface area contributed by atoms with Crippen molar-refractivity contribution in [2.75, 3.05) is 18.1 Å². The molecular formula is C17H26N2OS. The average Bonchev–Trinajstić information content (AvgIpc) is 2.51. The molecule has 2 fully saturated rings. The number of benzene rings is 1. The van der Waals surface area contributed by atoms with Crippen molar-refractivity contribution < 1.29 is 4.74 Å². The minimum absolute atomic E-state index is 0.117. The molecule has 1 aromatic carbocycles. The van der Waals surface area contributed by atoms with Crippen LogP contribution in [-0.2, 0) is 4.74 Å². The van der Waals surface area contributed by atoms with E-state index >= 15 is 0 Å². The molecule has 116 valence electrons. The molecule has 3 nitrogen and oxygen atoms in total. The monoisotopic (exact) mass is 306 g/mol. The molecule has 2 saturated heterocycles. The first kappa shape index (κ1) is 15.3. The van der Waals surface area contributed by atoms with Gasteiger partial charge in [-0.05, 0) is 61.2 Å². The van der Waals surface area contributed by atoms with Crippen molar-refractivity contribution in [1.82, 2.24) is 5.43 Å². The predicted molar refractivity (Wildman–Crippen MR) is 89.2 cm³/mol. The average molecular weight is 306 g/mol. The van der Waals surface area contributed by atoms with Crippen LogP contribution < -0.4 is 11.3 Å². The van der Waals surface area contributed by atoms with Gasteiger partial charge in [0.1, 0.15) is 0 Å². The summed E-state index contributed by atoms with van der Waals surface area (Å²) in [6.07, 6.45) is 4.62. The first-order chi connectivity index (χ1) is 10.2. The van der Waals surface area contributed by atoms with Gasteiger partial charge in [0.05, 0.1) is 5.60 Å². The molecular weight excluding hydrogens is 280 g/mol. The van der Waals surface area contributed by atoms with Crippen molar-refractivity contribution in [3.8, 4) is 0 Å². The number of hydrogen-bond donors (Lipinski definition) is 2. The van der Waals surface area contributed by atoms with E-state index < -0.39 is 0 Å². The molecule has 0 aromatic heterocycles. The maximum absolute atomic E-state index is 6.22. The quantitative estimate of drug-likeness (QED) is 0.665. The number of aryl methyl sites for hydroxylation is 1. The second kappa shape index (κ2) is 6.69. The smallest absolute Gasteiger partial charge is 0.0701 e. The molecule has 0 amide bonds. The number of hydrazine groups is 1. The van der Waals surface area contributed by atoms with Crippen LogP contribution in [0, 0.1) is 12.8 Å². The van der Waals surface area contributed by atoms with Crippen LogP contribution in [0.2, 0.25) is 0 Å². The second-order valence-corrected chi connectivity index (χ2v) is 7.62. The molecule has 1 spiro atoms. The van der Waals surface area contributed by atoms with Crippen molar-refractivity contribution in [2.45, 2.75) is 44.2 Å². The Bertz CT molecular complexity index is 468. The largest absolute Gasteiger partial charge is 0.375 e. The standard InChI is InChI=1S/C17H26N2OS/c1-13-4-2-3-5-15(13)16(19-18)14-6-9-20-17(12-14)7-10-21-11-8-17/h2-5,14,16,19H,6-12,18H2,1H3. The number of rotatable bonds is 3. The lowest BCUT2D eigenvalue weighted by Gasteiger charge is -2.45. The summed E-state index contributed by atoms with van der Waals surface area (Å²) in [5.41, 5.74) is 5.87. The Hall–Kier alpha value is -0.550. The molecule has 0 aliphatic carbocycles. The Morgan fingerprint density at radius 1 is 1.33 bits per heavy atom. The van der Waals surface area contributed by atoms with Crippen LogP contribution in [0.4, 0.5) is 0 Å². The predicted octanol–water partition coefficient (Wildman–Crippen LogP) is 3.19. The van der Waals surface area contributed by atoms with E-state index in [2.05, 4.69) is 48.4 Å². The summed E-state index contributed by atoms with van der Waals surface area (Å²) >= 11 is 2.06. The highest BCUT2D eigenvalue weighted by atomic mass is 32.2. The van der Waals surface area contributed by atoms with Crippen molar-refractivity contribution in [1.29, 1.82) is 0 Å². The van der Waals surface area contributed by atoms with E-state index in [0.717, 1.165) is 19.4 Å². The lowest BCUT2D eigenvalue weighted by atomic mass is 9.76. The van der Waals surface area contributed by atoms with E-state index in [-0.39, 0.29) is 11.6 Å². The molecule has 2 aliphatic heterocycles. The van der Waals surface area contributed by atoms with Gasteiger partial charge < -0.3 is 4.74 Å². The zero-order chi connectivity index (χ0) is 14.7. The van der Waals surface area contributed by atoms with Gasteiger partial charge in [-0.2, -0.15) is 11.8 Å². The Kier molecular flexibility index (Phi) is 4.89. The highest BCUT2D eigenvalue weighted by Crippen LogP contribution is 2.43. The lowest BCUT2D eigenvalue weighted by molar-refractivity contribution is -0.107. The maximum Gasteiger partial charge on any atom is 0.0701 e.